The summed E-state index contributed by atoms with van der Waals surface area (Å²) in [6, 6.07) is 16.3. The molecule has 0 bridgehead atoms. The van der Waals surface area contributed by atoms with Crippen LogP contribution >= 0.6 is 24.8 Å². The summed E-state index contributed by atoms with van der Waals surface area (Å²) in [6.45, 7) is 10.4. The molecular formula is C42H59Cl2N3O6. The van der Waals surface area contributed by atoms with E-state index in [4.69, 9.17) is 28.4 Å². The van der Waals surface area contributed by atoms with Crippen molar-refractivity contribution in [2.75, 3.05) is 68.8 Å². The van der Waals surface area contributed by atoms with Crippen LogP contribution in [0.25, 0.3) is 11.1 Å². The second-order valence-electron chi connectivity index (χ2n) is 13.0. The molecule has 2 aliphatic rings. The largest absolute Gasteiger partial charge is 0.496 e. The summed E-state index contributed by atoms with van der Waals surface area (Å²) in [7, 11) is 10.3. The molecule has 2 atom stereocenters. The van der Waals surface area contributed by atoms with Gasteiger partial charge in [0.1, 0.15) is 34.5 Å². The van der Waals surface area contributed by atoms with Gasteiger partial charge in [0.05, 0.1) is 42.7 Å². The third-order valence-corrected chi connectivity index (χ3v) is 9.66. The normalized spacial score (nSPS) is 16.1. The second-order valence-corrected chi connectivity index (χ2v) is 13.0. The van der Waals surface area contributed by atoms with Crippen molar-refractivity contribution in [3.05, 3.63) is 88.7 Å². The van der Waals surface area contributed by atoms with Crippen LogP contribution < -0.4 is 39.1 Å². The molecule has 1 aromatic heterocycles. The zero-order valence-electron chi connectivity index (χ0n) is 32.8. The fourth-order valence-corrected chi connectivity index (χ4v) is 6.82. The number of aromatic nitrogens is 1. The van der Waals surface area contributed by atoms with Gasteiger partial charge in [-0.15, -0.1) is 24.8 Å². The highest BCUT2D eigenvalue weighted by molar-refractivity contribution is 5.85. The predicted molar refractivity (Wildman–Crippen MR) is 220 cm³/mol. The Labute approximate surface area is 329 Å². The molecule has 0 saturated carbocycles. The smallest absolute Gasteiger partial charge is 0.127 e. The van der Waals surface area contributed by atoms with Gasteiger partial charge in [0.2, 0.25) is 0 Å². The monoisotopic (exact) mass is 771 g/mol. The third kappa shape index (κ3) is 12.1. The highest BCUT2D eigenvalue weighted by Crippen LogP contribution is 2.38. The first-order valence-corrected chi connectivity index (χ1v) is 17.8. The van der Waals surface area contributed by atoms with Crippen LogP contribution in [0, 0.1) is 20.8 Å². The van der Waals surface area contributed by atoms with Crippen molar-refractivity contribution in [2.24, 2.45) is 0 Å². The minimum Gasteiger partial charge on any atom is -0.496 e. The highest BCUT2D eigenvalue weighted by atomic mass is 35.5. The first-order chi connectivity index (χ1) is 24.8. The number of rotatable bonds is 9. The summed E-state index contributed by atoms with van der Waals surface area (Å²) in [4.78, 5) is 4.12. The molecule has 0 spiro atoms. The van der Waals surface area contributed by atoms with Crippen molar-refractivity contribution >= 4 is 24.8 Å². The van der Waals surface area contributed by atoms with Gasteiger partial charge < -0.3 is 39.1 Å². The maximum Gasteiger partial charge on any atom is 0.127 e. The van der Waals surface area contributed by atoms with E-state index in [9.17, 15) is 0 Å². The number of halogens is 2. The van der Waals surface area contributed by atoms with Crippen molar-refractivity contribution in [2.45, 2.75) is 58.3 Å². The van der Waals surface area contributed by atoms with Gasteiger partial charge in [0.25, 0.3) is 0 Å². The number of ether oxygens (including phenoxy) is 6. The van der Waals surface area contributed by atoms with Crippen LogP contribution in [-0.4, -0.2) is 73.8 Å². The maximum absolute atomic E-state index is 5.50. The van der Waals surface area contributed by atoms with Crippen LogP contribution in [0.15, 0.2) is 60.9 Å². The molecule has 9 nitrogen and oxygen atoms in total. The van der Waals surface area contributed by atoms with Gasteiger partial charge >= 0.3 is 0 Å². The first-order valence-electron chi connectivity index (χ1n) is 17.8. The zero-order valence-corrected chi connectivity index (χ0v) is 34.4. The van der Waals surface area contributed by atoms with E-state index in [-0.39, 0.29) is 24.8 Å². The molecule has 2 fully saturated rings. The van der Waals surface area contributed by atoms with E-state index in [2.05, 4.69) is 39.9 Å². The number of nitrogens with zero attached hydrogens (tertiary/aromatic N) is 1. The Bertz CT molecular complexity index is 1600. The SMILES string of the molecule is COc1cc(-c2cccnc2)c(OC)cc1C.COc1cc([C@@H]2CCCNC2)c(OC)cc1C.COc1cc([C@H]2CCCNC2)c(OC)cc1C.Cl.Cl. The summed E-state index contributed by atoms with van der Waals surface area (Å²) in [6.07, 6.45) is 8.45. The molecule has 0 radical (unpaired) electrons. The summed E-state index contributed by atoms with van der Waals surface area (Å²) in [5.74, 6) is 6.62. The molecule has 2 N–H and O–H groups in total. The van der Waals surface area contributed by atoms with Crippen LogP contribution in [0.2, 0.25) is 0 Å². The standard InChI is InChI=1S/2C14H21NO2.C14H15NO2.2ClH/c3*1-10-7-14(17-3)12(8-13(10)16-2)11-5-4-6-15-9-11;;/h2*7-8,11,15H,4-6,9H2,1-3H3;4-9H,1-3H3;2*1H/t2*11-;;;/m10.../s1. The molecule has 0 amide bonds. The molecule has 6 rings (SSSR count). The van der Waals surface area contributed by atoms with Gasteiger partial charge in [-0.2, -0.15) is 0 Å². The third-order valence-electron chi connectivity index (χ3n) is 9.66. The average Bonchev–Trinajstić information content (AvgIpc) is 3.19. The Balaban J connectivity index is 0.000000270. The van der Waals surface area contributed by atoms with Gasteiger partial charge in [-0.25, -0.2) is 0 Å². The minimum atomic E-state index is 0. The first kappa shape index (κ1) is 45.3. The van der Waals surface area contributed by atoms with E-state index in [0.29, 0.717) is 11.8 Å². The van der Waals surface area contributed by atoms with Crippen molar-refractivity contribution in [3.8, 4) is 45.6 Å². The van der Waals surface area contributed by atoms with E-state index in [1.807, 2.05) is 51.2 Å². The van der Waals surface area contributed by atoms with Gasteiger partial charge in [0, 0.05) is 59.6 Å². The zero-order chi connectivity index (χ0) is 36.8. The molecule has 2 saturated heterocycles. The van der Waals surface area contributed by atoms with E-state index in [1.165, 1.54) is 36.8 Å². The molecule has 0 aliphatic carbocycles. The second kappa shape index (κ2) is 23.0. The van der Waals surface area contributed by atoms with E-state index in [1.54, 1.807) is 48.9 Å². The lowest BCUT2D eigenvalue weighted by atomic mass is 9.90. The number of piperidine rings is 2. The van der Waals surface area contributed by atoms with Crippen molar-refractivity contribution in [3.63, 3.8) is 0 Å². The lowest BCUT2D eigenvalue weighted by molar-refractivity contribution is 0.382. The number of methoxy groups -OCH3 is 6. The van der Waals surface area contributed by atoms with Crippen molar-refractivity contribution in [1.29, 1.82) is 0 Å². The topological polar surface area (TPSA) is 92.3 Å². The Morgan fingerprint density at radius 3 is 1.32 bits per heavy atom. The Hall–Kier alpha value is -3.89. The number of nitrogens with one attached hydrogen (secondary N) is 2. The fraction of sp³-hybridized carbons (Fsp3) is 0.452. The Kier molecular flexibility index (Phi) is 19.7. The molecule has 3 heterocycles. The van der Waals surface area contributed by atoms with Crippen LogP contribution in [0.5, 0.6) is 34.5 Å². The molecule has 292 valence electrons. The van der Waals surface area contributed by atoms with E-state index < -0.39 is 0 Å². The lowest BCUT2D eigenvalue weighted by Gasteiger charge is -2.25. The molecule has 11 heteroatoms. The molecule has 4 aromatic rings. The summed E-state index contributed by atoms with van der Waals surface area (Å²) in [5.41, 5.74) is 7.83. The molecule has 3 aromatic carbocycles. The fourth-order valence-electron chi connectivity index (χ4n) is 6.82. The molecular weight excluding hydrogens is 713 g/mol. The van der Waals surface area contributed by atoms with Crippen molar-refractivity contribution < 1.29 is 28.4 Å². The number of hydrogen-bond donors (Lipinski definition) is 2. The Morgan fingerprint density at radius 2 is 0.962 bits per heavy atom. The molecule has 2 aliphatic heterocycles. The summed E-state index contributed by atoms with van der Waals surface area (Å²) in [5, 5.41) is 6.88. The van der Waals surface area contributed by atoms with Gasteiger partial charge in [-0.1, -0.05) is 6.07 Å². The molecule has 0 unspecified atom stereocenters. The highest BCUT2D eigenvalue weighted by Gasteiger charge is 2.22. The minimum absolute atomic E-state index is 0. The quantitative estimate of drug-likeness (QED) is 0.173. The van der Waals surface area contributed by atoms with Crippen molar-refractivity contribution in [1.82, 2.24) is 15.6 Å². The van der Waals surface area contributed by atoms with E-state index >= 15 is 0 Å². The number of pyridine rings is 1. The summed E-state index contributed by atoms with van der Waals surface area (Å²) >= 11 is 0. The van der Waals surface area contributed by atoms with E-state index in [0.717, 1.165) is 88.5 Å². The number of aryl methyl sites for hydroxylation is 3. The molecule has 53 heavy (non-hydrogen) atoms. The van der Waals surface area contributed by atoms with Crippen LogP contribution in [0.1, 0.15) is 65.3 Å². The van der Waals surface area contributed by atoms with Gasteiger partial charge in [0.15, 0.2) is 0 Å². The van der Waals surface area contributed by atoms with Gasteiger partial charge in [-0.05, 0) is 119 Å². The predicted octanol–water partition coefficient (Wildman–Crippen LogP) is 8.88. The Morgan fingerprint density at radius 1 is 0.547 bits per heavy atom. The lowest BCUT2D eigenvalue weighted by Crippen LogP contribution is -2.28. The van der Waals surface area contributed by atoms with Crippen LogP contribution in [-0.2, 0) is 0 Å². The summed E-state index contributed by atoms with van der Waals surface area (Å²) < 4.78 is 32.5. The van der Waals surface area contributed by atoms with Crippen LogP contribution in [0.3, 0.4) is 0 Å². The van der Waals surface area contributed by atoms with Crippen LogP contribution in [0.4, 0.5) is 0 Å². The number of benzene rings is 3. The average molecular weight is 773 g/mol. The van der Waals surface area contributed by atoms with Gasteiger partial charge in [-0.3, -0.25) is 4.98 Å². The maximum atomic E-state index is 5.50. The number of hydrogen-bond acceptors (Lipinski definition) is 9.